The number of aryl methyl sites for hydroxylation is 1. The number of aliphatic imine (C=N–C) groups is 1. The molecule has 3 rings (SSSR count). The van der Waals surface area contributed by atoms with Crippen molar-refractivity contribution in [2.24, 2.45) is 12.0 Å². The van der Waals surface area contributed by atoms with Gasteiger partial charge in [-0.25, -0.2) is 14.4 Å². The van der Waals surface area contributed by atoms with Crippen molar-refractivity contribution in [3.63, 3.8) is 0 Å². The smallest absolute Gasteiger partial charge is 0.368 e. The first kappa shape index (κ1) is 24.6. The van der Waals surface area contributed by atoms with Gasteiger partial charge in [-0.3, -0.25) is 9.67 Å². The fourth-order valence-corrected chi connectivity index (χ4v) is 2.83. The van der Waals surface area contributed by atoms with Crippen LogP contribution in [-0.2, 0) is 19.8 Å². The number of alkyl halides is 3. The number of guanidine groups is 1. The molecule has 0 bridgehead atoms. The van der Waals surface area contributed by atoms with Crippen molar-refractivity contribution >= 4 is 46.8 Å². The zero-order chi connectivity index (χ0) is 21.7. The molecule has 0 radical (unpaired) electrons. The van der Waals surface area contributed by atoms with Gasteiger partial charge in [0.1, 0.15) is 18.0 Å². The molecule has 0 aliphatic rings. The van der Waals surface area contributed by atoms with Crippen LogP contribution in [-0.4, -0.2) is 45.8 Å². The second-order valence-electron chi connectivity index (χ2n) is 6.31. The number of halogens is 5. The van der Waals surface area contributed by atoms with E-state index in [0.29, 0.717) is 36.6 Å². The minimum absolute atomic E-state index is 0. The summed E-state index contributed by atoms with van der Waals surface area (Å²) in [6, 6.07) is 2.58. The largest absolute Gasteiger partial charge is 0.416 e. The van der Waals surface area contributed by atoms with Crippen LogP contribution in [0.5, 0.6) is 0 Å². The highest BCUT2D eigenvalue weighted by molar-refractivity contribution is 14.0. The standard InChI is InChI=1S/C18H20F4N8.HI/c1-23-17(26-8-11-3-4-12(19)7-14(11)18(20,21)22)25-6-5-24-15-13-9-29-30(2)16(13)28-10-27-15;/h3-4,7,9-10H,5-6,8H2,1-2H3,(H2,23,25,26)(H,24,27,28);1H. The minimum Gasteiger partial charge on any atom is -0.368 e. The van der Waals surface area contributed by atoms with E-state index in [-0.39, 0.29) is 36.1 Å². The number of fused-ring (bicyclic) bond motifs is 1. The number of hydrogen-bond donors (Lipinski definition) is 3. The molecule has 0 amide bonds. The zero-order valence-corrected chi connectivity index (χ0v) is 19.0. The number of anilines is 1. The van der Waals surface area contributed by atoms with Crippen LogP contribution >= 0.6 is 24.0 Å². The molecule has 2 aromatic heterocycles. The summed E-state index contributed by atoms with van der Waals surface area (Å²) in [5.41, 5.74) is -0.404. The van der Waals surface area contributed by atoms with Crippen molar-refractivity contribution < 1.29 is 17.6 Å². The maximum Gasteiger partial charge on any atom is 0.416 e. The first-order valence-electron chi connectivity index (χ1n) is 8.96. The van der Waals surface area contributed by atoms with E-state index in [9.17, 15) is 17.6 Å². The van der Waals surface area contributed by atoms with E-state index in [1.165, 1.54) is 13.4 Å². The molecule has 8 nitrogen and oxygen atoms in total. The van der Waals surface area contributed by atoms with Gasteiger partial charge in [-0.15, -0.1) is 24.0 Å². The van der Waals surface area contributed by atoms with E-state index in [1.807, 2.05) is 0 Å². The third-order valence-electron chi connectivity index (χ3n) is 4.29. The molecule has 0 saturated carbocycles. The van der Waals surface area contributed by atoms with E-state index in [0.717, 1.165) is 17.5 Å². The van der Waals surface area contributed by atoms with Gasteiger partial charge in [0, 0.05) is 33.7 Å². The highest BCUT2D eigenvalue weighted by atomic mass is 127. The number of nitrogens with one attached hydrogen (secondary N) is 3. The molecule has 2 heterocycles. The second-order valence-corrected chi connectivity index (χ2v) is 6.31. The molecule has 0 aliphatic heterocycles. The molecule has 1 aromatic carbocycles. The quantitative estimate of drug-likeness (QED) is 0.143. The van der Waals surface area contributed by atoms with Crippen LogP contribution in [0.4, 0.5) is 23.4 Å². The summed E-state index contributed by atoms with van der Waals surface area (Å²) in [4.78, 5) is 12.3. The first-order chi connectivity index (χ1) is 14.3. The summed E-state index contributed by atoms with van der Waals surface area (Å²) >= 11 is 0. The molecule has 168 valence electrons. The number of rotatable bonds is 6. The van der Waals surface area contributed by atoms with Gasteiger partial charge in [0.2, 0.25) is 0 Å². The van der Waals surface area contributed by atoms with E-state index in [4.69, 9.17) is 0 Å². The van der Waals surface area contributed by atoms with Crippen molar-refractivity contribution in [2.75, 3.05) is 25.5 Å². The van der Waals surface area contributed by atoms with Crippen molar-refractivity contribution in [3.8, 4) is 0 Å². The third kappa shape index (κ3) is 6.15. The van der Waals surface area contributed by atoms with Crippen LogP contribution in [0.2, 0.25) is 0 Å². The fraction of sp³-hybridized carbons (Fsp3) is 0.333. The minimum atomic E-state index is -4.64. The van der Waals surface area contributed by atoms with Gasteiger partial charge < -0.3 is 16.0 Å². The Morgan fingerprint density at radius 1 is 1.16 bits per heavy atom. The van der Waals surface area contributed by atoms with Crippen LogP contribution in [0.15, 0.2) is 35.7 Å². The molecule has 31 heavy (non-hydrogen) atoms. The van der Waals surface area contributed by atoms with Gasteiger partial charge in [-0.1, -0.05) is 6.07 Å². The van der Waals surface area contributed by atoms with Gasteiger partial charge in [0.15, 0.2) is 11.6 Å². The molecule has 0 aliphatic carbocycles. The van der Waals surface area contributed by atoms with Crippen LogP contribution in [0.3, 0.4) is 0 Å². The Kier molecular flexibility index (Phi) is 8.36. The summed E-state index contributed by atoms with van der Waals surface area (Å²) in [5, 5.41) is 13.8. The summed E-state index contributed by atoms with van der Waals surface area (Å²) in [6.45, 7) is 0.720. The van der Waals surface area contributed by atoms with Gasteiger partial charge in [-0.05, 0) is 17.7 Å². The molecule has 0 atom stereocenters. The van der Waals surface area contributed by atoms with E-state index < -0.39 is 17.6 Å². The Hall–Kier alpha value is -2.71. The highest BCUT2D eigenvalue weighted by Gasteiger charge is 2.33. The molecule has 0 saturated heterocycles. The first-order valence-corrected chi connectivity index (χ1v) is 8.96. The lowest BCUT2D eigenvalue weighted by atomic mass is 10.1. The lowest BCUT2D eigenvalue weighted by Gasteiger charge is -2.16. The molecular weight excluding hydrogens is 531 g/mol. The van der Waals surface area contributed by atoms with Crippen molar-refractivity contribution in [1.29, 1.82) is 0 Å². The summed E-state index contributed by atoms with van der Waals surface area (Å²) < 4.78 is 54.1. The van der Waals surface area contributed by atoms with Gasteiger partial charge in [0.05, 0.1) is 17.1 Å². The van der Waals surface area contributed by atoms with Crippen LogP contribution in [0, 0.1) is 5.82 Å². The van der Waals surface area contributed by atoms with Gasteiger partial charge in [-0.2, -0.15) is 18.3 Å². The summed E-state index contributed by atoms with van der Waals surface area (Å²) in [7, 11) is 3.28. The third-order valence-corrected chi connectivity index (χ3v) is 4.29. The molecule has 3 N–H and O–H groups in total. The SMILES string of the molecule is CN=C(NCCNc1ncnc2c1cnn2C)NCc1ccc(F)cc1C(F)(F)F.I. The Labute approximate surface area is 192 Å². The lowest BCUT2D eigenvalue weighted by Crippen LogP contribution is -2.39. The Bertz CT molecular complexity index is 1050. The van der Waals surface area contributed by atoms with E-state index >= 15 is 0 Å². The molecule has 0 fully saturated rings. The number of nitrogens with zero attached hydrogens (tertiary/aromatic N) is 5. The van der Waals surface area contributed by atoms with E-state index in [2.05, 4.69) is 36.0 Å². The van der Waals surface area contributed by atoms with Crippen LogP contribution < -0.4 is 16.0 Å². The van der Waals surface area contributed by atoms with Gasteiger partial charge in [0.25, 0.3) is 0 Å². The molecule has 0 spiro atoms. The number of hydrogen-bond acceptors (Lipinski definition) is 5. The highest BCUT2D eigenvalue weighted by Crippen LogP contribution is 2.32. The molecular formula is C18H21F4IN8. The predicted octanol–water partition coefficient (Wildman–Crippen LogP) is 2.92. The fourth-order valence-electron chi connectivity index (χ4n) is 2.83. The molecule has 3 aromatic rings. The van der Waals surface area contributed by atoms with Crippen molar-refractivity contribution in [2.45, 2.75) is 12.7 Å². The average Bonchev–Trinajstić information content (AvgIpc) is 3.09. The van der Waals surface area contributed by atoms with Crippen molar-refractivity contribution in [3.05, 3.63) is 47.7 Å². The average molecular weight is 552 g/mol. The monoisotopic (exact) mass is 552 g/mol. The number of aromatic nitrogens is 4. The van der Waals surface area contributed by atoms with Crippen LogP contribution in [0.1, 0.15) is 11.1 Å². The van der Waals surface area contributed by atoms with Gasteiger partial charge >= 0.3 is 6.18 Å². The van der Waals surface area contributed by atoms with Crippen molar-refractivity contribution in [1.82, 2.24) is 30.4 Å². The van der Waals surface area contributed by atoms with E-state index in [1.54, 1.807) is 17.9 Å². The predicted molar refractivity (Wildman–Crippen MR) is 120 cm³/mol. The molecule has 0 unspecified atom stereocenters. The molecule has 13 heteroatoms. The Morgan fingerprint density at radius 2 is 1.94 bits per heavy atom. The summed E-state index contributed by atoms with van der Waals surface area (Å²) in [6.07, 6.45) is -1.55. The lowest BCUT2D eigenvalue weighted by molar-refractivity contribution is -0.138. The zero-order valence-electron chi connectivity index (χ0n) is 16.7. The Balaban J connectivity index is 0.00000341. The maximum absolute atomic E-state index is 13.2. The topological polar surface area (TPSA) is 92.1 Å². The Morgan fingerprint density at radius 3 is 2.65 bits per heavy atom. The maximum atomic E-state index is 13.2. The summed E-state index contributed by atoms with van der Waals surface area (Å²) in [5.74, 6) is -0.00505. The normalized spacial score (nSPS) is 11.9. The second kappa shape index (κ2) is 10.5. The number of benzene rings is 1. The van der Waals surface area contributed by atoms with Crippen LogP contribution in [0.25, 0.3) is 11.0 Å².